The Morgan fingerprint density at radius 3 is 2.23 bits per heavy atom. The van der Waals surface area contributed by atoms with Gasteiger partial charge in [-0.2, -0.15) is 0 Å². The van der Waals surface area contributed by atoms with Crippen molar-refractivity contribution < 1.29 is 9.90 Å². The molecule has 1 N–H and O–H groups in total. The molecule has 1 rings (SSSR count). The van der Waals surface area contributed by atoms with Crippen molar-refractivity contribution in [3.8, 4) is 0 Å². The lowest BCUT2D eigenvalue weighted by Crippen LogP contribution is -2.00. The summed E-state index contributed by atoms with van der Waals surface area (Å²) in [5.41, 5.74) is 1.11. The molecule has 1 aromatic rings. The summed E-state index contributed by atoms with van der Waals surface area (Å²) in [6.07, 6.45) is 0. The lowest BCUT2D eigenvalue weighted by atomic mass is 10.1. The van der Waals surface area contributed by atoms with Crippen LogP contribution in [0.1, 0.15) is 29.8 Å². The Hall–Kier alpha value is -0.830. The zero-order valence-corrected chi connectivity index (χ0v) is 9.55. The van der Waals surface area contributed by atoms with E-state index in [4.69, 9.17) is 5.11 Å². The Morgan fingerprint density at radius 1 is 1.38 bits per heavy atom. The standard InChI is InChI=1S/C8H7BrO2.C2H6/c1-5-3-2-4-6(9)7(5)8(10)11;1-2/h2-4H,1H3,(H,10,11);1-2H3. The predicted octanol–water partition coefficient (Wildman–Crippen LogP) is 3.48. The van der Waals surface area contributed by atoms with Gasteiger partial charge in [-0.3, -0.25) is 0 Å². The smallest absolute Gasteiger partial charge is 0.337 e. The summed E-state index contributed by atoms with van der Waals surface area (Å²) >= 11 is 3.17. The van der Waals surface area contributed by atoms with Crippen LogP contribution in [0.3, 0.4) is 0 Å². The molecule has 0 spiro atoms. The molecule has 0 saturated carbocycles. The van der Waals surface area contributed by atoms with Gasteiger partial charge in [0.2, 0.25) is 0 Å². The van der Waals surface area contributed by atoms with Gasteiger partial charge in [-0.1, -0.05) is 26.0 Å². The fraction of sp³-hybridized carbons (Fsp3) is 0.300. The van der Waals surface area contributed by atoms with Crippen LogP contribution in [0.4, 0.5) is 0 Å². The second kappa shape index (κ2) is 5.75. The fourth-order valence-corrected chi connectivity index (χ4v) is 1.54. The first-order valence-electron chi connectivity index (χ1n) is 4.11. The van der Waals surface area contributed by atoms with Crippen LogP contribution in [0.5, 0.6) is 0 Å². The molecule has 0 fully saturated rings. The minimum absolute atomic E-state index is 0.340. The van der Waals surface area contributed by atoms with Gasteiger partial charge in [-0.25, -0.2) is 4.79 Å². The molecule has 0 aromatic heterocycles. The molecule has 13 heavy (non-hydrogen) atoms. The highest BCUT2D eigenvalue weighted by Crippen LogP contribution is 2.19. The zero-order chi connectivity index (χ0) is 10.4. The molecule has 0 saturated heterocycles. The van der Waals surface area contributed by atoms with E-state index in [2.05, 4.69) is 15.9 Å². The number of hydrogen-bond acceptors (Lipinski definition) is 1. The largest absolute Gasteiger partial charge is 0.478 e. The Balaban J connectivity index is 0.000000671. The van der Waals surface area contributed by atoms with Crippen molar-refractivity contribution in [2.45, 2.75) is 20.8 Å². The second-order valence-corrected chi connectivity index (χ2v) is 3.09. The molecule has 3 heteroatoms. The van der Waals surface area contributed by atoms with Crippen molar-refractivity contribution in [2.75, 3.05) is 0 Å². The number of rotatable bonds is 1. The van der Waals surface area contributed by atoms with E-state index in [9.17, 15) is 4.79 Å². The van der Waals surface area contributed by atoms with Crippen molar-refractivity contribution in [1.82, 2.24) is 0 Å². The van der Waals surface area contributed by atoms with Crippen LogP contribution >= 0.6 is 15.9 Å². The Kier molecular flexibility index (Phi) is 5.39. The summed E-state index contributed by atoms with van der Waals surface area (Å²) in [6, 6.07) is 5.30. The molecular formula is C10H13BrO2. The average molecular weight is 245 g/mol. The molecule has 0 aliphatic rings. The van der Waals surface area contributed by atoms with Crippen LogP contribution in [0.15, 0.2) is 22.7 Å². The first-order chi connectivity index (χ1) is 6.13. The van der Waals surface area contributed by atoms with E-state index in [1.54, 1.807) is 19.1 Å². The number of hydrogen-bond donors (Lipinski definition) is 1. The summed E-state index contributed by atoms with van der Waals surface area (Å²) in [5, 5.41) is 8.72. The van der Waals surface area contributed by atoms with E-state index in [0.29, 0.717) is 10.0 Å². The van der Waals surface area contributed by atoms with Crippen LogP contribution in [0, 0.1) is 6.92 Å². The highest BCUT2D eigenvalue weighted by molar-refractivity contribution is 9.10. The predicted molar refractivity (Wildman–Crippen MR) is 57.2 cm³/mol. The zero-order valence-electron chi connectivity index (χ0n) is 7.97. The molecular weight excluding hydrogens is 232 g/mol. The number of benzene rings is 1. The SMILES string of the molecule is CC.Cc1cccc(Br)c1C(=O)O. The van der Waals surface area contributed by atoms with Crippen LogP contribution in [0.25, 0.3) is 0 Å². The van der Waals surface area contributed by atoms with Crippen LogP contribution < -0.4 is 0 Å². The summed E-state index contributed by atoms with van der Waals surface area (Å²) < 4.78 is 0.630. The van der Waals surface area contributed by atoms with Crippen molar-refractivity contribution in [3.63, 3.8) is 0 Å². The summed E-state index contributed by atoms with van der Waals surface area (Å²) in [7, 11) is 0. The van der Waals surface area contributed by atoms with Gasteiger partial charge in [0, 0.05) is 4.47 Å². The Labute approximate surface area is 86.7 Å². The van der Waals surface area contributed by atoms with Gasteiger partial charge in [0.25, 0.3) is 0 Å². The third-order valence-corrected chi connectivity index (χ3v) is 2.10. The number of halogens is 1. The van der Waals surface area contributed by atoms with Crippen LogP contribution in [0.2, 0.25) is 0 Å². The first kappa shape index (κ1) is 12.2. The van der Waals surface area contributed by atoms with Crippen LogP contribution in [-0.4, -0.2) is 11.1 Å². The summed E-state index contributed by atoms with van der Waals surface area (Å²) in [4.78, 5) is 10.6. The number of aromatic carboxylic acids is 1. The summed E-state index contributed by atoms with van der Waals surface area (Å²) in [5.74, 6) is -0.894. The molecule has 0 unspecified atom stereocenters. The number of carboxylic acid groups (broad SMARTS) is 1. The lowest BCUT2D eigenvalue weighted by molar-refractivity contribution is 0.0695. The molecule has 0 aliphatic carbocycles. The van der Waals surface area contributed by atoms with E-state index < -0.39 is 5.97 Å². The van der Waals surface area contributed by atoms with E-state index in [0.717, 1.165) is 5.56 Å². The van der Waals surface area contributed by atoms with Crippen molar-refractivity contribution >= 4 is 21.9 Å². The molecule has 0 heterocycles. The van der Waals surface area contributed by atoms with Crippen molar-refractivity contribution in [1.29, 1.82) is 0 Å². The van der Waals surface area contributed by atoms with Crippen LogP contribution in [-0.2, 0) is 0 Å². The maximum atomic E-state index is 10.6. The van der Waals surface area contributed by atoms with Gasteiger partial charge < -0.3 is 5.11 Å². The minimum Gasteiger partial charge on any atom is -0.478 e. The lowest BCUT2D eigenvalue weighted by Gasteiger charge is -2.01. The fourth-order valence-electron chi connectivity index (χ4n) is 0.903. The Bertz CT molecular complexity index is 275. The van der Waals surface area contributed by atoms with E-state index >= 15 is 0 Å². The average Bonchev–Trinajstić information content (AvgIpc) is 2.07. The molecule has 1 aromatic carbocycles. The van der Waals surface area contributed by atoms with Gasteiger partial charge in [0.05, 0.1) is 5.56 Å². The number of carboxylic acids is 1. The third-order valence-electron chi connectivity index (χ3n) is 1.44. The van der Waals surface area contributed by atoms with Gasteiger partial charge in [-0.15, -0.1) is 0 Å². The second-order valence-electron chi connectivity index (χ2n) is 2.24. The van der Waals surface area contributed by atoms with E-state index in [-0.39, 0.29) is 0 Å². The first-order valence-corrected chi connectivity index (χ1v) is 4.90. The van der Waals surface area contributed by atoms with E-state index in [1.807, 2.05) is 19.9 Å². The quantitative estimate of drug-likeness (QED) is 0.822. The van der Waals surface area contributed by atoms with Gasteiger partial charge in [-0.05, 0) is 34.5 Å². The maximum absolute atomic E-state index is 10.6. The third kappa shape index (κ3) is 3.19. The number of aryl methyl sites for hydroxylation is 1. The minimum atomic E-state index is -0.894. The van der Waals surface area contributed by atoms with Crippen molar-refractivity contribution in [2.24, 2.45) is 0 Å². The highest BCUT2D eigenvalue weighted by atomic mass is 79.9. The van der Waals surface area contributed by atoms with Crippen molar-refractivity contribution in [3.05, 3.63) is 33.8 Å². The monoisotopic (exact) mass is 244 g/mol. The van der Waals surface area contributed by atoms with E-state index in [1.165, 1.54) is 0 Å². The molecule has 0 bridgehead atoms. The molecule has 0 atom stereocenters. The molecule has 0 radical (unpaired) electrons. The van der Waals surface area contributed by atoms with Gasteiger partial charge >= 0.3 is 5.97 Å². The number of carbonyl (C=O) groups is 1. The maximum Gasteiger partial charge on any atom is 0.337 e. The summed E-state index contributed by atoms with van der Waals surface area (Å²) in [6.45, 7) is 5.77. The van der Waals surface area contributed by atoms with Gasteiger partial charge in [0.15, 0.2) is 0 Å². The molecule has 2 nitrogen and oxygen atoms in total. The molecule has 72 valence electrons. The molecule has 0 amide bonds. The Morgan fingerprint density at radius 2 is 1.92 bits per heavy atom. The normalized spacial score (nSPS) is 8.62. The topological polar surface area (TPSA) is 37.3 Å². The highest BCUT2D eigenvalue weighted by Gasteiger charge is 2.09. The molecule has 0 aliphatic heterocycles. The van der Waals surface area contributed by atoms with Gasteiger partial charge in [0.1, 0.15) is 0 Å².